The molecular weight excluding hydrogens is 362 g/mol. The number of hydrogen-bond donors (Lipinski definition) is 1. The zero-order valence-corrected chi connectivity index (χ0v) is 16.7. The van der Waals surface area contributed by atoms with Crippen molar-refractivity contribution in [2.45, 2.75) is 25.8 Å². The van der Waals surface area contributed by atoms with E-state index in [1.54, 1.807) is 7.11 Å². The van der Waals surface area contributed by atoms with Gasteiger partial charge in [-0.3, -0.25) is 9.59 Å². The van der Waals surface area contributed by atoms with Crippen LogP contribution in [0.2, 0.25) is 0 Å². The molecule has 0 saturated carbocycles. The van der Waals surface area contributed by atoms with E-state index in [0.29, 0.717) is 5.56 Å². The largest absolute Gasteiger partial charge is 0.497 e. The van der Waals surface area contributed by atoms with Crippen LogP contribution in [0.15, 0.2) is 78.9 Å². The van der Waals surface area contributed by atoms with E-state index in [1.165, 1.54) is 0 Å². The Bertz CT molecular complexity index is 948. The first kappa shape index (κ1) is 20.3. The predicted molar refractivity (Wildman–Crippen MR) is 114 cm³/mol. The fourth-order valence-electron chi connectivity index (χ4n) is 3.16. The lowest BCUT2D eigenvalue weighted by molar-refractivity contribution is -0.121. The summed E-state index contributed by atoms with van der Waals surface area (Å²) in [7, 11) is 1.61. The molecule has 148 valence electrons. The van der Waals surface area contributed by atoms with Crippen molar-refractivity contribution >= 4 is 11.7 Å². The molecule has 0 radical (unpaired) electrons. The number of nitrogens with one attached hydrogen (secondary N) is 1. The molecule has 4 heteroatoms. The molecule has 0 saturated heterocycles. The molecule has 4 nitrogen and oxygen atoms in total. The summed E-state index contributed by atoms with van der Waals surface area (Å²) >= 11 is 0. The predicted octanol–water partition coefficient (Wildman–Crippen LogP) is 4.68. The first-order valence-corrected chi connectivity index (χ1v) is 9.62. The second-order valence-corrected chi connectivity index (χ2v) is 7.05. The average Bonchev–Trinajstić information content (AvgIpc) is 2.74. The average molecular weight is 387 g/mol. The quantitative estimate of drug-likeness (QED) is 0.571. The van der Waals surface area contributed by atoms with Crippen molar-refractivity contribution in [2.24, 2.45) is 0 Å². The summed E-state index contributed by atoms with van der Waals surface area (Å²) in [5.74, 6) is 0.604. The van der Waals surface area contributed by atoms with Gasteiger partial charge in [0.05, 0.1) is 19.6 Å². The molecule has 0 heterocycles. The molecule has 0 aliphatic rings. The Morgan fingerprint density at radius 2 is 1.55 bits per heavy atom. The van der Waals surface area contributed by atoms with E-state index in [1.807, 2.05) is 85.8 Å². The van der Waals surface area contributed by atoms with Gasteiger partial charge in [0.2, 0.25) is 5.91 Å². The van der Waals surface area contributed by atoms with Gasteiger partial charge in [-0.05, 0) is 30.2 Å². The fourth-order valence-corrected chi connectivity index (χ4v) is 3.16. The number of ether oxygens (including phenoxy) is 1. The number of methoxy groups -OCH3 is 1. The van der Waals surface area contributed by atoms with Crippen LogP contribution in [0.25, 0.3) is 0 Å². The van der Waals surface area contributed by atoms with Gasteiger partial charge in [-0.15, -0.1) is 0 Å². The van der Waals surface area contributed by atoms with Crippen LogP contribution in [-0.4, -0.2) is 18.8 Å². The van der Waals surface area contributed by atoms with Crippen LogP contribution in [-0.2, 0) is 11.2 Å². The van der Waals surface area contributed by atoms with Crippen LogP contribution in [0, 0.1) is 6.92 Å². The van der Waals surface area contributed by atoms with Crippen molar-refractivity contribution in [3.63, 3.8) is 0 Å². The normalized spacial score (nSPS) is 11.5. The molecule has 1 unspecified atom stereocenters. The molecule has 0 aromatic heterocycles. The molecule has 0 bridgehead atoms. The first-order chi connectivity index (χ1) is 14.0. The number of benzene rings is 3. The van der Waals surface area contributed by atoms with Crippen LogP contribution in [0.5, 0.6) is 5.75 Å². The number of carbonyl (C=O) groups excluding carboxylic acids is 2. The molecule has 3 aromatic rings. The van der Waals surface area contributed by atoms with Crippen LogP contribution < -0.4 is 10.1 Å². The SMILES string of the molecule is COc1ccc(C(CC(=O)c2ccc(C)cc2)NC(=O)Cc2ccccc2)cc1. The Labute approximate surface area is 171 Å². The number of ketones is 1. The molecule has 0 fully saturated rings. The Morgan fingerprint density at radius 3 is 2.17 bits per heavy atom. The van der Waals surface area contributed by atoms with Crippen molar-refractivity contribution in [3.8, 4) is 5.75 Å². The summed E-state index contributed by atoms with van der Waals surface area (Å²) in [6, 6.07) is 24.1. The van der Waals surface area contributed by atoms with E-state index in [4.69, 9.17) is 4.74 Å². The number of amides is 1. The highest BCUT2D eigenvalue weighted by atomic mass is 16.5. The van der Waals surface area contributed by atoms with Crippen molar-refractivity contribution in [2.75, 3.05) is 7.11 Å². The molecule has 1 atom stereocenters. The molecule has 0 spiro atoms. The first-order valence-electron chi connectivity index (χ1n) is 9.62. The maximum atomic E-state index is 12.8. The van der Waals surface area contributed by atoms with Gasteiger partial charge in [-0.1, -0.05) is 72.3 Å². The van der Waals surface area contributed by atoms with Gasteiger partial charge in [-0.2, -0.15) is 0 Å². The summed E-state index contributed by atoms with van der Waals surface area (Å²) < 4.78 is 5.22. The zero-order chi connectivity index (χ0) is 20.6. The summed E-state index contributed by atoms with van der Waals surface area (Å²) in [5.41, 5.74) is 3.55. The molecule has 0 aliphatic carbocycles. The Morgan fingerprint density at radius 1 is 0.897 bits per heavy atom. The van der Waals surface area contributed by atoms with Crippen LogP contribution in [0.4, 0.5) is 0 Å². The third kappa shape index (κ3) is 5.79. The van der Waals surface area contributed by atoms with Gasteiger partial charge in [0.25, 0.3) is 0 Å². The number of rotatable bonds is 8. The van der Waals surface area contributed by atoms with Crippen LogP contribution >= 0.6 is 0 Å². The topological polar surface area (TPSA) is 55.4 Å². The second-order valence-electron chi connectivity index (χ2n) is 7.05. The lowest BCUT2D eigenvalue weighted by Gasteiger charge is -2.19. The third-order valence-corrected chi connectivity index (χ3v) is 4.82. The van der Waals surface area contributed by atoms with Gasteiger partial charge in [-0.25, -0.2) is 0 Å². The van der Waals surface area contributed by atoms with Gasteiger partial charge in [0, 0.05) is 12.0 Å². The second kappa shape index (κ2) is 9.69. The lowest BCUT2D eigenvalue weighted by Crippen LogP contribution is -2.31. The molecule has 3 aromatic carbocycles. The lowest BCUT2D eigenvalue weighted by atomic mass is 9.97. The van der Waals surface area contributed by atoms with Crippen molar-refractivity contribution in [3.05, 3.63) is 101 Å². The monoisotopic (exact) mass is 387 g/mol. The van der Waals surface area contributed by atoms with Crippen molar-refractivity contribution in [1.29, 1.82) is 0 Å². The van der Waals surface area contributed by atoms with E-state index >= 15 is 0 Å². The van der Waals surface area contributed by atoms with E-state index in [9.17, 15) is 9.59 Å². The minimum atomic E-state index is -0.411. The highest BCUT2D eigenvalue weighted by Crippen LogP contribution is 2.23. The van der Waals surface area contributed by atoms with E-state index < -0.39 is 6.04 Å². The zero-order valence-electron chi connectivity index (χ0n) is 16.7. The number of carbonyl (C=O) groups is 2. The summed E-state index contributed by atoms with van der Waals surface area (Å²) in [6.45, 7) is 1.98. The van der Waals surface area contributed by atoms with Gasteiger partial charge >= 0.3 is 0 Å². The molecule has 0 aliphatic heterocycles. The van der Waals surface area contributed by atoms with E-state index in [0.717, 1.165) is 22.4 Å². The maximum Gasteiger partial charge on any atom is 0.224 e. The van der Waals surface area contributed by atoms with Gasteiger partial charge < -0.3 is 10.1 Å². The number of Topliss-reactive ketones (excluding diaryl/α,β-unsaturated/α-hetero) is 1. The Hall–Kier alpha value is -3.40. The van der Waals surface area contributed by atoms with Crippen LogP contribution in [0.3, 0.4) is 0 Å². The highest BCUT2D eigenvalue weighted by Gasteiger charge is 2.20. The Balaban J connectivity index is 1.77. The molecule has 3 rings (SSSR count). The Kier molecular flexibility index (Phi) is 6.80. The highest BCUT2D eigenvalue weighted by molar-refractivity contribution is 5.96. The van der Waals surface area contributed by atoms with Crippen molar-refractivity contribution < 1.29 is 14.3 Å². The van der Waals surface area contributed by atoms with Gasteiger partial charge in [0.15, 0.2) is 5.78 Å². The maximum absolute atomic E-state index is 12.8. The minimum Gasteiger partial charge on any atom is -0.497 e. The summed E-state index contributed by atoms with van der Waals surface area (Å²) in [6.07, 6.45) is 0.460. The van der Waals surface area contributed by atoms with Crippen LogP contribution in [0.1, 0.15) is 39.5 Å². The summed E-state index contributed by atoms with van der Waals surface area (Å²) in [4.78, 5) is 25.5. The molecular formula is C25H25NO3. The molecule has 1 amide bonds. The molecule has 29 heavy (non-hydrogen) atoms. The number of hydrogen-bond acceptors (Lipinski definition) is 3. The summed E-state index contributed by atoms with van der Waals surface area (Å²) in [5, 5.41) is 3.03. The minimum absolute atomic E-state index is 0.00849. The third-order valence-electron chi connectivity index (χ3n) is 4.82. The van der Waals surface area contributed by atoms with E-state index in [2.05, 4.69) is 5.32 Å². The molecule has 1 N–H and O–H groups in total. The van der Waals surface area contributed by atoms with Crippen molar-refractivity contribution in [1.82, 2.24) is 5.32 Å². The fraction of sp³-hybridized carbons (Fsp3) is 0.200. The van der Waals surface area contributed by atoms with E-state index in [-0.39, 0.29) is 24.5 Å². The van der Waals surface area contributed by atoms with Gasteiger partial charge in [0.1, 0.15) is 5.75 Å². The number of aryl methyl sites for hydroxylation is 1. The smallest absolute Gasteiger partial charge is 0.224 e. The standard InChI is InChI=1S/C25H25NO3/c1-18-8-10-21(11-9-18)24(27)17-23(20-12-14-22(29-2)15-13-20)26-25(28)16-19-6-4-3-5-7-19/h3-15,23H,16-17H2,1-2H3,(H,26,28).